The Morgan fingerprint density at radius 1 is 0.926 bits per heavy atom. The maximum absolute atomic E-state index is 14.1. The van der Waals surface area contributed by atoms with E-state index in [2.05, 4.69) is 24.8 Å². The zero-order valence-corrected chi connectivity index (χ0v) is 15.0. The Labute approximate surface area is 160 Å². The molecule has 0 spiro atoms. The minimum absolute atomic E-state index is 0.333. The molecule has 0 aliphatic carbocycles. The van der Waals surface area contributed by atoms with Gasteiger partial charge in [-0.15, -0.1) is 0 Å². The fourth-order valence-corrected chi connectivity index (χ4v) is 3.11. The van der Waals surface area contributed by atoms with Crippen LogP contribution in [0.1, 0.15) is 11.1 Å². The summed E-state index contributed by atoms with van der Waals surface area (Å²) in [4.78, 5) is 18.6. The Morgan fingerprint density at radius 2 is 1.78 bits per heavy atom. The van der Waals surface area contributed by atoms with Crippen LogP contribution in [0.2, 0.25) is 5.15 Å². The van der Waals surface area contributed by atoms with Gasteiger partial charge < -0.3 is 4.90 Å². The fourth-order valence-electron chi connectivity index (χ4n) is 2.96. The molecule has 0 aliphatic rings. The van der Waals surface area contributed by atoms with E-state index >= 15 is 0 Å². The first kappa shape index (κ1) is 17.3. The molecule has 134 valence electrons. The van der Waals surface area contributed by atoms with E-state index in [1.165, 1.54) is 12.4 Å². The van der Waals surface area contributed by atoms with Gasteiger partial charge >= 0.3 is 0 Å². The lowest BCUT2D eigenvalue weighted by atomic mass is 10.1. The number of hydrogen-bond donors (Lipinski definition) is 0. The van der Waals surface area contributed by atoms with Crippen LogP contribution in [0.25, 0.3) is 10.9 Å². The third-order valence-corrected chi connectivity index (χ3v) is 4.45. The standard InChI is InChI=1S/C20H15ClFN5/c21-18-10-19(26-13-25-18)27(11-14-4-7-23-8-5-14)12-15-6-9-24-20-16(15)2-1-3-17(20)22/h1-10,13H,11-12H2. The third kappa shape index (κ3) is 3.85. The molecule has 3 heterocycles. The summed E-state index contributed by atoms with van der Waals surface area (Å²) in [5, 5.41) is 1.14. The van der Waals surface area contributed by atoms with Gasteiger partial charge in [-0.2, -0.15) is 0 Å². The topological polar surface area (TPSA) is 54.8 Å². The van der Waals surface area contributed by atoms with Crippen molar-refractivity contribution in [2.75, 3.05) is 4.90 Å². The zero-order valence-electron chi connectivity index (χ0n) is 14.3. The molecule has 4 aromatic rings. The monoisotopic (exact) mass is 379 g/mol. The fraction of sp³-hybridized carbons (Fsp3) is 0.100. The summed E-state index contributed by atoms with van der Waals surface area (Å²) < 4.78 is 14.1. The van der Waals surface area contributed by atoms with Gasteiger partial charge in [0.1, 0.15) is 28.6 Å². The van der Waals surface area contributed by atoms with E-state index in [0.717, 1.165) is 16.5 Å². The molecule has 0 N–H and O–H groups in total. The van der Waals surface area contributed by atoms with Gasteiger partial charge in [0.25, 0.3) is 0 Å². The van der Waals surface area contributed by atoms with E-state index in [9.17, 15) is 4.39 Å². The second-order valence-corrected chi connectivity index (χ2v) is 6.40. The summed E-state index contributed by atoms with van der Waals surface area (Å²) in [6.07, 6.45) is 6.55. The lowest BCUT2D eigenvalue weighted by Crippen LogP contribution is -2.23. The number of pyridine rings is 2. The highest BCUT2D eigenvalue weighted by atomic mass is 35.5. The normalized spacial score (nSPS) is 10.9. The number of anilines is 1. The molecule has 0 radical (unpaired) electrons. The highest BCUT2D eigenvalue weighted by molar-refractivity contribution is 6.29. The van der Waals surface area contributed by atoms with E-state index in [1.807, 2.05) is 24.3 Å². The number of aromatic nitrogens is 4. The van der Waals surface area contributed by atoms with Crippen molar-refractivity contribution in [1.29, 1.82) is 0 Å². The molecule has 27 heavy (non-hydrogen) atoms. The minimum Gasteiger partial charge on any atom is -0.348 e. The van der Waals surface area contributed by atoms with Crippen molar-refractivity contribution in [3.63, 3.8) is 0 Å². The molecule has 0 amide bonds. The number of fused-ring (bicyclic) bond motifs is 1. The SMILES string of the molecule is Fc1cccc2c(CN(Cc3ccncc3)c3cc(Cl)ncn3)ccnc12. The summed E-state index contributed by atoms with van der Waals surface area (Å²) in [5.74, 6) is 0.355. The molecule has 0 fully saturated rings. The molecule has 0 aliphatic heterocycles. The molecule has 7 heteroatoms. The smallest absolute Gasteiger partial charge is 0.149 e. The first-order chi connectivity index (χ1) is 13.2. The van der Waals surface area contributed by atoms with Crippen molar-refractivity contribution in [3.05, 3.63) is 89.5 Å². The Bertz CT molecular complexity index is 1070. The molecule has 4 rings (SSSR count). The van der Waals surface area contributed by atoms with Crippen molar-refractivity contribution in [2.24, 2.45) is 0 Å². The molecule has 3 aromatic heterocycles. The number of hydrogen-bond acceptors (Lipinski definition) is 5. The van der Waals surface area contributed by atoms with Gasteiger partial charge in [-0.05, 0) is 35.4 Å². The van der Waals surface area contributed by atoms with E-state index in [1.54, 1.807) is 30.7 Å². The summed E-state index contributed by atoms with van der Waals surface area (Å²) >= 11 is 6.06. The summed E-state index contributed by atoms with van der Waals surface area (Å²) in [5.41, 5.74) is 2.38. The predicted octanol–water partition coefficient (Wildman–Crippen LogP) is 4.42. The maximum Gasteiger partial charge on any atom is 0.149 e. The summed E-state index contributed by atoms with van der Waals surface area (Å²) in [6, 6.07) is 12.5. The van der Waals surface area contributed by atoms with Crippen molar-refractivity contribution < 1.29 is 4.39 Å². The lowest BCUT2D eigenvalue weighted by Gasteiger charge is -2.24. The number of halogens is 2. The van der Waals surface area contributed by atoms with Crippen LogP contribution in [0.5, 0.6) is 0 Å². The molecule has 0 unspecified atom stereocenters. The summed E-state index contributed by atoms with van der Waals surface area (Å²) in [6.45, 7) is 1.10. The lowest BCUT2D eigenvalue weighted by molar-refractivity contribution is 0.636. The largest absolute Gasteiger partial charge is 0.348 e. The van der Waals surface area contributed by atoms with Crippen LogP contribution in [-0.2, 0) is 13.1 Å². The van der Waals surface area contributed by atoms with E-state index in [-0.39, 0.29) is 5.82 Å². The first-order valence-electron chi connectivity index (χ1n) is 8.34. The van der Waals surface area contributed by atoms with Gasteiger partial charge in [-0.3, -0.25) is 9.97 Å². The van der Waals surface area contributed by atoms with Gasteiger partial charge in [0.2, 0.25) is 0 Å². The number of nitrogens with zero attached hydrogens (tertiary/aromatic N) is 5. The molecule has 5 nitrogen and oxygen atoms in total. The van der Waals surface area contributed by atoms with Crippen molar-refractivity contribution in [2.45, 2.75) is 13.1 Å². The van der Waals surface area contributed by atoms with Gasteiger partial charge in [-0.25, -0.2) is 14.4 Å². The van der Waals surface area contributed by atoms with Crippen molar-refractivity contribution in [3.8, 4) is 0 Å². The van der Waals surface area contributed by atoms with Crippen LogP contribution in [-0.4, -0.2) is 19.9 Å². The average molecular weight is 380 g/mol. The molecule has 0 saturated heterocycles. The second-order valence-electron chi connectivity index (χ2n) is 6.02. The van der Waals surface area contributed by atoms with Crippen LogP contribution in [0.15, 0.2) is 67.4 Å². The Morgan fingerprint density at radius 3 is 2.59 bits per heavy atom. The number of rotatable bonds is 5. The van der Waals surface area contributed by atoms with Crippen molar-refractivity contribution >= 4 is 28.3 Å². The quantitative estimate of drug-likeness (QED) is 0.480. The highest BCUT2D eigenvalue weighted by Gasteiger charge is 2.14. The first-order valence-corrected chi connectivity index (χ1v) is 8.72. The van der Waals surface area contributed by atoms with Crippen molar-refractivity contribution in [1.82, 2.24) is 19.9 Å². The zero-order chi connectivity index (χ0) is 18.6. The molecule has 0 atom stereocenters. The van der Waals surface area contributed by atoms with Crippen LogP contribution in [0.4, 0.5) is 10.2 Å². The molecule has 0 saturated carbocycles. The summed E-state index contributed by atoms with van der Waals surface area (Å²) in [7, 11) is 0. The van der Waals surface area contributed by atoms with Crippen LogP contribution < -0.4 is 4.90 Å². The average Bonchev–Trinajstić information content (AvgIpc) is 2.69. The van der Waals surface area contributed by atoms with Gasteiger partial charge in [0.15, 0.2) is 0 Å². The maximum atomic E-state index is 14.1. The predicted molar refractivity (Wildman–Crippen MR) is 103 cm³/mol. The second kappa shape index (κ2) is 7.63. The Hall–Kier alpha value is -3.12. The van der Waals surface area contributed by atoms with Gasteiger partial charge in [-0.1, -0.05) is 23.7 Å². The molecular weight excluding hydrogens is 365 g/mol. The van der Waals surface area contributed by atoms with Crippen LogP contribution >= 0.6 is 11.6 Å². The Balaban J connectivity index is 1.74. The minimum atomic E-state index is -0.333. The van der Waals surface area contributed by atoms with E-state index in [0.29, 0.717) is 29.6 Å². The third-order valence-electron chi connectivity index (χ3n) is 4.24. The van der Waals surface area contributed by atoms with Crippen LogP contribution in [0, 0.1) is 5.82 Å². The van der Waals surface area contributed by atoms with Gasteiger partial charge in [0.05, 0.1) is 0 Å². The number of benzene rings is 1. The molecular formula is C20H15ClFN5. The highest BCUT2D eigenvalue weighted by Crippen LogP contribution is 2.24. The van der Waals surface area contributed by atoms with E-state index in [4.69, 9.17) is 11.6 Å². The van der Waals surface area contributed by atoms with E-state index < -0.39 is 0 Å². The Kier molecular flexibility index (Phi) is 4.89. The van der Waals surface area contributed by atoms with Crippen LogP contribution in [0.3, 0.4) is 0 Å². The molecule has 0 bridgehead atoms. The van der Waals surface area contributed by atoms with Gasteiger partial charge in [0, 0.05) is 43.1 Å². The number of para-hydroxylation sites is 1. The molecule has 1 aromatic carbocycles.